The number of para-hydroxylation sites is 2. The Kier molecular flexibility index (Phi) is 4.02. The Morgan fingerprint density at radius 2 is 1.87 bits per heavy atom. The van der Waals surface area contributed by atoms with Crippen molar-refractivity contribution in [1.29, 1.82) is 0 Å². The first-order valence-corrected chi connectivity index (χ1v) is 7.34. The summed E-state index contributed by atoms with van der Waals surface area (Å²) < 4.78 is 10.3. The standard InChI is InChI=1S/C18H17NO4/c1-12-17(20)19(15-5-3-4-6-16(15)23-12)11-13-7-9-14(10-8-13)18(21)22-2/h3-10,12H,11H2,1-2H3. The van der Waals surface area contributed by atoms with Crippen LogP contribution in [0, 0.1) is 0 Å². The minimum Gasteiger partial charge on any atom is -0.479 e. The van der Waals surface area contributed by atoms with Gasteiger partial charge in [-0.3, -0.25) is 4.79 Å². The van der Waals surface area contributed by atoms with E-state index in [4.69, 9.17) is 4.74 Å². The number of carbonyl (C=O) groups excluding carboxylic acids is 2. The summed E-state index contributed by atoms with van der Waals surface area (Å²) in [6.45, 7) is 2.16. The molecule has 1 unspecified atom stereocenters. The number of methoxy groups -OCH3 is 1. The Balaban J connectivity index is 1.87. The van der Waals surface area contributed by atoms with Crippen LogP contribution in [-0.2, 0) is 16.1 Å². The molecular weight excluding hydrogens is 294 g/mol. The molecule has 0 N–H and O–H groups in total. The highest BCUT2D eigenvalue weighted by Crippen LogP contribution is 2.34. The highest BCUT2D eigenvalue weighted by Gasteiger charge is 2.31. The molecule has 1 amide bonds. The lowest BCUT2D eigenvalue weighted by Crippen LogP contribution is -2.43. The maximum absolute atomic E-state index is 12.4. The fourth-order valence-corrected chi connectivity index (χ4v) is 2.57. The highest BCUT2D eigenvalue weighted by molar-refractivity contribution is 5.99. The number of hydrogen-bond acceptors (Lipinski definition) is 4. The van der Waals surface area contributed by atoms with Gasteiger partial charge in [0.2, 0.25) is 0 Å². The van der Waals surface area contributed by atoms with Gasteiger partial charge in [-0.05, 0) is 36.8 Å². The molecule has 2 aromatic carbocycles. The Morgan fingerprint density at radius 3 is 2.57 bits per heavy atom. The van der Waals surface area contributed by atoms with Gasteiger partial charge >= 0.3 is 5.97 Å². The van der Waals surface area contributed by atoms with Crippen molar-refractivity contribution in [1.82, 2.24) is 0 Å². The number of ether oxygens (including phenoxy) is 2. The fourth-order valence-electron chi connectivity index (χ4n) is 2.57. The number of rotatable bonds is 3. The van der Waals surface area contributed by atoms with Crippen LogP contribution in [0.1, 0.15) is 22.8 Å². The zero-order valence-electron chi connectivity index (χ0n) is 13.0. The SMILES string of the molecule is COC(=O)c1ccc(CN2C(=O)C(C)Oc3ccccc32)cc1. The predicted molar refractivity (Wildman–Crippen MR) is 85.5 cm³/mol. The number of hydrogen-bond donors (Lipinski definition) is 0. The highest BCUT2D eigenvalue weighted by atomic mass is 16.5. The number of carbonyl (C=O) groups is 2. The molecule has 5 heteroatoms. The van der Waals surface area contributed by atoms with Crippen molar-refractivity contribution in [2.24, 2.45) is 0 Å². The summed E-state index contributed by atoms with van der Waals surface area (Å²) in [7, 11) is 1.35. The molecule has 0 spiro atoms. The minimum absolute atomic E-state index is 0.0826. The van der Waals surface area contributed by atoms with Crippen molar-refractivity contribution in [3.05, 3.63) is 59.7 Å². The number of amides is 1. The second-order valence-corrected chi connectivity index (χ2v) is 5.34. The van der Waals surface area contributed by atoms with Gasteiger partial charge in [-0.1, -0.05) is 24.3 Å². The molecule has 2 aromatic rings. The van der Waals surface area contributed by atoms with Gasteiger partial charge in [0.1, 0.15) is 5.75 Å². The van der Waals surface area contributed by atoms with Gasteiger partial charge in [-0.25, -0.2) is 4.79 Å². The molecule has 1 aliphatic heterocycles. The second kappa shape index (κ2) is 6.12. The van der Waals surface area contributed by atoms with Gasteiger partial charge in [-0.15, -0.1) is 0 Å². The summed E-state index contributed by atoms with van der Waals surface area (Å²) >= 11 is 0. The summed E-state index contributed by atoms with van der Waals surface area (Å²) in [6, 6.07) is 14.5. The smallest absolute Gasteiger partial charge is 0.337 e. The van der Waals surface area contributed by atoms with Crippen molar-refractivity contribution >= 4 is 17.6 Å². The van der Waals surface area contributed by atoms with Crippen LogP contribution in [-0.4, -0.2) is 25.1 Å². The lowest BCUT2D eigenvalue weighted by Gasteiger charge is -2.33. The van der Waals surface area contributed by atoms with E-state index < -0.39 is 6.10 Å². The van der Waals surface area contributed by atoms with Crippen molar-refractivity contribution in [3.8, 4) is 5.75 Å². The maximum atomic E-state index is 12.4. The van der Waals surface area contributed by atoms with Gasteiger partial charge in [0.05, 0.1) is 24.9 Å². The van der Waals surface area contributed by atoms with E-state index in [9.17, 15) is 9.59 Å². The summed E-state index contributed by atoms with van der Waals surface area (Å²) in [5.74, 6) is 0.240. The first-order valence-electron chi connectivity index (χ1n) is 7.34. The largest absolute Gasteiger partial charge is 0.479 e. The van der Waals surface area contributed by atoms with E-state index >= 15 is 0 Å². The number of fused-ring (bicyclic) bond motifs is 1. The van der Waals surface area contributed by atoms with E-state index in [1.54, 1.807) is 24.0 Å². The summed E-state index contributed by atoms with van der Waals surface area (Å²) in [6.07, 6.45) is -0.515. The topological polar surface area (TPSA) is 55.8 Å². The van der Waals surface area contributed by atoms with Gasteiger partial charge in [-0.2, -0.15) is 0 Å². The zero-order chi connectivity index (χ0) is 16.4. The number of anilines is 1. The lowest BCUT2D eigenvalue weighted by molar-refractivity contribution is -0.125. The molecule has 0 aliphatic carbocycles. The summed E-state index contributed by atoms with van der Waals surface area (Å²) in [4.78, 5) is 25.6. The van der Waals surface area contributed by atoms with Crippen LogP contribution < -0.4 is 9.64 Å². The van der Waals surface area contributed by atoms with Crippen LogP contribution in [0.4, 0.5) is 5.69 Å². The third-order valence-corrected chi connectivity index (χ3v) is 3.79. The number of nitrogens with zero attached hydrogens (tertiary/aromatic N) is 1. The van der Waals surface area contributed by atoms with Crippen molar-refractivity contribution < 1.29 is 19.1 Å². The van der Waals surface area contributed by atoms with Crippen LogP contribution >= 0.6 is 0 Å². The lowest BCUT2D eigenvalue weighted by atomic mass is 10.1. The monoisotopic (exact) mass is 311 g/mol. The molecule has 1 heterocycles. The zero-order valence-corrected chi connectivity index (χ0v) is 13.0. The average Bonchev–Trinajstić information content (AvgIpc) is 2.59. The Bertz CT molecular complexity index is 739. The molecule has 1 aliphatic rings. The average molecular weight is 311 g/mol. The molecule has 0 saturated heterocycles. The van der Waals surface area contributed by atoms with E-state index in [0.29, 0.717) is 17.9 Å². The molecule has 0 aromatic heterocycles. The van der Waals surface area contributed by atoms with Crippen LogP contribution in [0.3, 0.4) is 0 Å². The Hall–Kier alpha value is -2.82. The van der Waals surface area contributed by atoms with E-state index in [2.05, 4.69) is 4.74 Å². The Morgan fingerprint density at radius 1 is 1.17 bits per heavy atom. The molecular formula is C18H17NO4. The predicted octanol–water partition coefficient (Wildman–Crippen LogP) is 2.79. The van der Waals surface area contributed by atoms with E-state index in [1.807, 2.05) is 36.4 Å². The normalized spacial score (nSPS) is 16.5. The first-order chi connectivity index (χ1) is 11.1. The van der Waals surface area contributed by atoms with Crippen molar-refractivity contribution in [3.63, 3.8) is 0 Å². The molecule has 5 nitrogen and oxygen atoms in total. The quantitative estimate of drug-likeness (QED) is 0.818. The Labute approximate surface area is 134 Å². The van der Waals surface area contributed by atoms with Crippen LogP contribution in [0.2, 0.25) is 0 Å². The van der Waals surface area contributed by atoms with Crippen LogP contribution in [0.5, 0.6) is 5.75 Å². The maximum Gasteiger partial charge on any atom is 0.337 e. The molecule has 1 atom stereocenters. The first kappa shape index (κ1) is 15.1. The summed E-state index contributed by atoms with van der Waals surface area (Å²) in [5.41, 5.74) is 2.17. The number of benzene rings is 2. The second-order valence-electron chi connectivity index (χ2n) is 5.34. The van der Waals surface area contributed by atoms with Gasteiger partial charge in [0, 0.05) is 0 Å². The molecule has 0 radical (unpaired) electrons. The fraction of sp³-hybridized carbons (Fsp3) is 0.222. The van der Waals surface area contributed by atoms with Crippen molar-refractivity contribution in [2.75, 3.05) is 12.0 Å². The third-order valence-electron chi connectivity index (χ3n) is 3.79. The molecule has 3 rings (SSSR count). The number of esters is 1. The van der Waals surface area contributed by atoms with Gasteiger partial charge in [0.15, 0.2) is 6.10 Å². The van der Waals surface area contributed by atoms with Crippen LogP contribution in [0.15, 0.2) is 48.5 Å². The summed E-state index contributed by atoms with van der Waals surface area (Å²) in [5, 5.41) is 0. The van der Waals surface area contributed by atoms with E-state index in [1.165, 1.54) is 7.11 Å². The molecule has 0 bridgehead atoms. The third kappa shape index (κ3) is 2.90. The minimum atomic E-state index is -0.515. The van der Waals surface area contributed by atoms with Crippen LogP contribution in [0.25, 0.3) is 0 Å². The molecule has 118 valence electrons. The van der Waals surface area contributed by atoms with Gasteiger partial charge < -0.3 is 14.4 Å². The van der Waals surface area contributed by atoms with Gasteiger partial charge in [0.25, 0.3) is 5.91 Å². The van der Waals surface area contributed by atoms with Crippen molar-refractivity contribution in [2.45, 2.75) is 19.6 Å². The molecule has 0 saturated carbocycles. The van der Waals surface area contributed by atoms with E-state index in [0.717, 1.165) is 11.3 Å². The van der Waals surface area contributed by atoms with E-state index in [-0.39, 0.29) is 11.9 Å². The molecule has 0 fully saturated rings. The molecule has 23 heavy (non-hydrogen) atoms.